The molecule has 0 aromatic carbocycles. The molecule has 0 amide bonds. The molecule has 1 N–H and O–H groups in total. The summed E-state index contributed by atoms with van der Waals surface area (Å²) in [5.41, 5.74) is 2.12. The van der Waals surface area contributed by atoms with Crippen LogP contribution < -0.4 is 5.32 Å². The summed E-state index contributed by atoms with van der Waals surface area (Å²) < 4.78 is 0. The maximum absolute atomic E-state index is 3.58. The highest BCUT2D eigenvalue weighted by molar-refractivity contribution is 5.30. The lowest BCUT2D eigenvalue weighted by Crippen LogP contribution is -2.30. The van der Waals surface area contributed by atoms with Crippen LogP contribution >= 0.6 is 0 Å². The van der Waals surface area contributed by atoms with Crippen molar-refractivity contribution in [2.24, 2.45) is 23.2 Å². The maximum atomic E-state index is 3.58. The fraction of sp³-hybridized carbons (Fsp3) is 0.750. The lowest BCUT2D eigenvalue weighted by molar-refractivity contribution is 0.301. The van der Waals surface area contributed by atoms with Crippen molar-refractivity contribution < 1.29 is 0 Å². The molecule has 0 aromatic rings. The molecule has 4 atom stereocenters. The van der Waals surface area contributed by atoms with Gasteiger partial charge in [-0.05, 0) is 55.1 Å². The Hall–Kier alpha value is -0.760. The van der Waals surface area contributed by atoms with Crippen LogP contribution in [-0.4, -0.2) is 31.1 Å². The van der Waals surface area contributed by atoms with E-state index >= 15 is 0 Å². The lowest BCUT2D eigenvalue weighted by atomic mass is 9.76. The fourth-order valence-corrected chi connectivity index (χ4v) is 4.60. The molecular weight excluding hydrogens is 220 g/mol. The Bertz CT molecular complexity index is 405. The van der Waals surface area contributed by atoms with E-state index in [2.05, 4.69) is 35.4 Å². The van der Waals surface area contributed by atoms with Gasteiger partial charge in [0, 0.05) is 25.3 Å². The molecule has 0 bridgehead atoms. The third-order valence-electron chi connectivity index (χ3n) is 5.73. The zero-order chi connectivity index (χ0) is 12.2. The van der Waals surface area contributed by atoms with E-state index in [1.54, 1.807) is 0 Å². The summed E-state index contributed by atoms with van der Waals surface area (Å²) in [6.07, 6.45) is 11.7. The molecule has 98 valence electrons. The Labute approximate surface area is 110 Å². The van der Waals surface area contributed by atoms with Crippen molar-refractivity contribution in [2.75, 3.05) is 26.2 Å². The summed E-state index contributed by atoms with van der Waals surface area (Å²) >= 11 is 0. The van der Waals surface area contributed by atoms with Crippen LogP contribution in [0.4, 0.5) is 0 Å². The second-order valence-corrected chi connectivity index (χ2v) is 6.79. The molecule has 2 nitrogen and oxygen atoms in total. The SMILES string of the molecule is CC1C=C(N2CCCC2)C=CC1C12CNCC1C2. The van der Waals surface area contributed by atoms with E-state index in [-0.39, 0.29) is 0 Å². The van der Waals surface area contributed by atoms with Crippen molar-refractivity contribution in [1.82, 2.24) is 10.2 Å². The van der Waals surface area contributed by atoms with Gasteiger partial charge in [-0.3, -0.25) is 0 Å². The van der Waals surface area contributed by atoms with Gasteiger partial charge in [0.05, 0.1) is 0 Å². The molecule has 18 heavy (non-hydrogen) atoms. The summed E-state index contributed by atoms with van der Waals surface area (Å²) in [5.74, 6) is 2.47. The largest absolute Gasteiger partial charge is 0.372 e. The maximum Gasteiger partial charge on any atom is 0.0325 e. The first kappa shape index (κ1) is 11.1. The Kier molecular flexibility index (Phi) is 2.38. The van der Waals surface area contributed by atoms with Crippen LogP contribution in [0.3, 0.4) is 0 Å². The standard InChI is InChI=1S/C16H24N2/c1-12-8-14(18-6-2-3-7-18)4-5-15(12)16-9-13(16)10-17-11-16/h4-5,8,12-13,15,17H,2-3,6-7,9-11H2,1H3. The van der Waals surface area contributed by atoms with Crippen molar-refractivity contribution in [2.45, 2.75) is 26.2 Å². The molecule has 3 fully saturated rings. The number of rotatable bonds is 2. The van der Waals surface area contributed by atoms with E-state index < -0.39 is 0 Å². The molecule has 2 aliphatic heterocycles. The number of hydrogen-bond donors (Lipinski definition) is 1. The van der Waals surface area contributed by atoms with Crippen LogP contribution in [0.5, 0.6) is 0 Å². The Morgan fingerprint density at radius 1 is 1.33 bits per heavy atom. The van der Waals surface area contributed by atoms with Gasteiger partial charge in [-0.15, -0.1) is 0 Å². The van der Waals surface area contributed by atoms with Gasteiger partial charge >= 0.3 is 0 Å². The van der Waals surface area contributed by atoms with E-state index in [0.29, 0.717) is 5.41 Å². The Balaban J connectivity index is 1.52. The molecular formula is C16H24N2. The van der Waals surface area contributed by atoms with Crippen LogP contribution in [0, 0.1) is 23.2 Å². The van der Waals surface area contributed by atoms with Crippen molar-refractivity contribution in [3.05, 3.63) is 23.9 Å². The molecule has 2 aliphatic carbocycles. The first-order chi connectivity index (χ1) is 8.79. The van der Waals surface area contributed by atoms with Gasteiger partial charge in [-0.1, -0.05) is 19.1 Å². The average Bonchev–Trinajstić information content (AvgIpc) is 2.82. The minimum atomic E-state index is 0.628. The minimum Gasteiger partial charge on any atom is -0.372 e. The van der Waals surface area contributed by atoms with Gasteiger partial charge in [-0.2, -0.15) is 0 Å². The summed E-state index contributed by atoms with van der Waals surface area (Å²) in [4.78, 5) is 2.57. The summed E-state index contributed by atoms with van der Waals surface area (Å²) in [6.45, 7) is 7.47. The number of nitrogens with zero attached hydrogens (tertiary/aromatic N) is 1. The van der Waals surface area contributed by atoms with Gasteiger partial charge in [0.15, 0.2) is 0 Å². The number of hydrogen-bond acceptors (Lipinski definition) is 2. The average molecular weight is 244 g/mol. The highest BCUT2D eigenvalue weighted by atomic mass is 15.1. The predicted octanol–water partition coefficient (Wildman–Crippen LogP) is 2.40. The molecule has 4 aliphatic rings. The highest BCUT2D eigenvalue weighted by Gasteiger charge is 2.61. The molecule has 0 radical (unpaired) electrons. The molecule has 1 saturated carbocycles. The molecule has 0 aromatic heterocycles. The Morgan fingerprint density at radius 3 is 2.78 bits per heavy atom. The summed E-state index contributed by atoms with van der Waals surface area (Å²) in [7, 11) is 0. The lowest BCUT2D eigenvalue weighted by Gasteiger charge is -2.32. The number of likely N-dealkylation sites (tertiary alicyclic amines) is 1. The van der Waals surface area contributed by atoms with Gasteiger partial charge in [0.2, 0.25) is 0 Å². The number of allylic oxidation sites excluding steroid dienone is 3. The van der Waals surface area contributed by atoms with Crippen LogP contribution in [0.2, 0.25) is 0 Å². The van der Waals surface area contributed by atoms with Gasteiger partial charge in [-0.25, -0.2) is 0 Å². The van der Waals surface area contributed by atoms with Crippen molar-refractivity contribution in [1.29, 1.82) is 0 Å². The molecule has 2 heterocycles. The third kappa shape index (κ3) is 1.51. The third-order valence-corrected chi connectivity index (χ3v) is 5.73. The molecule has 2 heteroatoms. The van der Waals surface area contributed by atoms with Crippen LogP contribution in [0.25, 0.3) is 0 Å². The van der Waals surface area contributed by atoms with E-state index in [4.69, 9.17) is 0 Å². The van der Waals surface area contributed by atoms with E-state index in [1.165, 1.54) is 51.1 Å². The first-order valence-corrected chi connectivity index (χ1v) is 7.65. The zero-order valence-electron chi connectivity index (χ0n) is 11.4. The number of nitrogens with one attached hydrogen (secondary N) is 1. The monoisotopic (exact) mass is 244 g/mol. The number of fused-ring (bicyclic) bond motifs is 1. The zero-order valence-corrected chi connectivity index (χ0v) is 11.4. The molecule has 4 rings (SSSR count). The molecule has 4 unspecified atom stereocenters. The first-order valence-electron chi connectivity index (χ1n) is 7.65. The van der Waals surface area contributed by atoms with Crippen molar-refractivity contribution >= 4 is 0 Å². The molecule has 2 saturated heterocycles. The van der Waals surface area contributed by atoms with Crippen molar-refractivity contribution in [3.63, 3.8) is 0 Å². The highest BCUT2D eigenvalue weighted by Crippen LogP contribution is 2.62. The van der Waals surface area contributed by atoms with Crippen molar-refractivity contribution in [3.8, 4) is 0 Å². The van der Waals surface area contributed by atoms with Crippen LogP contribution in [0.15, 0.2) is 23.9 Å². The quantitative estimate of drug-likeness (QED) is 0.802. The normalized spacial score (nSPS) is 46.2. The fourth-order valence-electron chi connectivity index (χ4n) is 4.60. The van der Waals surface area contributed by atoms with E-state index in [0.717, 1.165) is 17.8 Å². The van der Waals surface area contributed by atoms with Gasteiger partial charge in [0.25, 0.3) is 0 Å². The summed E-state index contributed by atoms with van der Waals surface area (Å²) in [5, 5.41) is 3.58. The molecule has 0 spiro atoms. The second kappa shape index (κ2) is 3.86. The smallest absolute Gasteiger partial charge is 0.0325 e. The van der Waals surface area contributed by atoms with E-state index in [1.807, 2.05) is 0 Å². The van der Waals surface area contributed by atoms with Crippen LogP contribution in [0.1, 0.15) is 26.2 Å². The Morgan fingerprint density at radius 2 is 2.17 bits per heavy atom. The number of piperidine rings is 1. The topological polar surface area (TPSA) is 15.3 Å². The predicted molar refractivity (Wildman–Crippen MR) is 74.1 cm³/mol. The summed E-state index contributed by atoms with van der Waals surface area (Å²) in [6, 6.07) is 0. The van der Waals surface area contributed by atoms with Crippen LogP contribution in [-0.2, 0) is 0 Å². The minimum absolute atomic E-state index is 0.628. The van der Waals surface area contributed by atoms with Gasteiger partial charge in [0.1, 0.15) is 0 Å². The van der Waals surface area contributed by atoms with E-state index in [9.17, 15) is 0 Å². The second-order valence-electron chi connectivity index (χ2n) is 6.79. The van der Waals surface area contributed by atoms with Gasteiger partial charge < -0.3 is 10.2 Å².